The minimum Gasteiger partial charge on any atom is -0.507 e. The molecule has 0 aliphatic carbocycles. The number of benzene rings is 11. The maximum absolute atomic E-state index is 11.4. The van der Waals surface area contributed by atoms with E-state index in [9.17, 15) is 5.11 Å². The van der Waals surface area contributed by atoms with E-state index in [0.717, 1.165) is 10.8 Å². The molecule has 1 N–H and O–H groups in total. The molecule has 0 atom stereocenters. The van der Waals surface area contributed by atoms with Gasteiger partial charge in [-0.3, -0.25) is 0 Å². The Morgan fingerprint density at radius 2 is 0.757 bits per heavy atom. The lowest BCUT2D eigenvalue weighted by atomic mass is 9.76. The van der Waals surface area contributed by atoms with E-state index >= 15 is 0 Å². The molecule has 0 bridgehead atoms. The zero-order chi connectivity index (χ0) is 23.7. The van der Waals surface area contributed by atoms with Crippen molar-refractivity contribution < 1.29 is 5.11 Å². The number of phenols is 1. The van der Waals surface area contributed by atoms with Crippen LogP contribution in [0, 0.1) is 0 Å². The zero-order valence-electron chi connectivity index (χ0n) is 19.6. The summed E-state index contributed by atoms with van der Waals surface area (Å²) in [4.78, 5) is 0. The van der Waals surface area contributed by atoms with Gasteiger partial charge in [-0.15, -0.1) is 0 Å². The van der Waals surface area contributed by atoms with E-state index in [-0.39, 0.29) is 0 Å². The molecule has 0 amide bonds. The number of hydrogen-bond acceptors (Lipinski definition) is 1. The van der Waals surface area contributed by atoms with Crippen molar-refractivity contribution in [3.05, 3.63) is 91.0 Å². The molecule has 0 saturated carbocycles. The van der Waals surface area contributed by atoms with Crippen molar-refractivity contribution in [1.82, 2.24) is 0 Å². The molecule has 0 fully saturated rings. The highest BCUT2D eigenvalue weighted by atomic mass is 16.3. The lowest BCUT2D eigenvalue weighted by Crippen LogP contribution is -1.97. The first-order chi connectivity index (χ1) is 18.3. The molecule has 0 heterocycles. The van der Waals surface area contributed by atoms with Crippen LogP contribution in [0.25, 0.3) is 108 Å². The Labute approximate surface area is 209 Å². The molecule has 1 heteroatoms. The highest BCUT2D eigenvalue weighted by Crippen LogP contribution is 2.56. The molecule has 11 aromatic carbocycles. The van der Waals surface area contributed by atoms with Gasteiger partial charge in [-0.05, 0) is 110 Å². The fourth-order valence-electron chi connectivity index (χ4n) is 8.12. The van der Waals surface area contributed by atoms with E-state index in [4.69, 9.17) is 0 Å². The molecule has 0 aliphatic rings. The Balaban J connectivity index is 1.72. The van der Waals surface area contributed by atoms with E-state index in [1.807, 2.05) is 6.07 Å². The van der Waals surface area contributed by atoms with Crippen molar-refractivity contribution in [2.75, 3.05) is 0 Å². The van der Waals surface area contributed by atoms with E-state index in [2.05, 4.69) is 84.9 Å². The van der Waals surface area contributed by atoms with Gasteiger partial charge in [0.2, 0.25) is 0 Å². The average molecular weight is 465 g/mol. The Morgan fingerprint density at radius 1 is 0.297 bits per heavy atom. The Hall–Kier alpha value is -4.88. The van der Waals surface area contributed by atoms with Crippen LogP contribution in [0.2, 0.25) is 0 Å². The highest BCUT2D eigenvalue weighted by molar-refractivity contribution is 6.55. The molecule has 0 spiro atoms. The summed E-state index contributed by atoms with van der Waals surface area (Å²) in [5.74, 6) is 0.365. The molecule has 0 aromatic heterocycles. The summed E-state index contributed by atoms with van der Waals surface area (Å²) in [6.07, 6.45) is 0. The highest BCUT2D eigenvalue weighted by Gasteiger charge is 2.27. The summed E-state index contributed by atoms with van der Waals surface area (Å²) in [6.45, 7) is 0. The Kier molecular flexibility index (Phi) is 2.50. The minimum atomic E-state index is 0.365. The zero-order valence-corrected chi connectivity index (χ0v) is 19.6. The average Bonchev–Trinajstić information content (AvgIpc) is 2.94. The van der Waals surface area contributed by atoms with Crippen LogP contribution in [0.15, 0.2) is 91.0 Å². The largest absolute Gasteiger partial charge is 0.507 e. The number of hydrogen-bond donors (Lipinski definition) is 1. The first-order valence-corrected chi connectivity index (χ1v) is 12.9. The second-order valence-electron chi connectivity index (χ2n) is 11.0. The predicted octanol–water partition coefficient (Wildman–Crippen LogP) is 10.1. The van der Waals surface area contributed by atoms with Crippen LogP contribution in [0.1, 0.15) is 0 Å². The molecule has 0 unspecified atom stereocenters. The first-order valence-electron chi connectivity index (χ1n) is 12.9. The third kappa shape index (κ3) is 1.66. The molecule has 11 aromatic rings. The van der Waals surface area contributed by atoms with Gasteiger partial charge in [0.05, 0.1) is 0 Å². The normalized spacial score (nSPS) is 13.5. The van der Waals surface area contributed by atoms with Gasteiger partial charge in [-0.25, -0.2) is 0 Å². The SMILES string of the molecule is Oc1cc2ccc3ccc4cc5ccc6ccc7c8ccccc8c8cc1c1c2c3c4c2c5c6c7c8c12. The molecule has 166 valence electrons. The Bertz CT molecular complexity index is 2730. The second-order valence-corrected chi connectivity index (χ2v) is 11.0. The quantitative estimate of drug-likeness (QED) is 0.175. The second kappa shape index (κ2) is 5.28. The molecular formula is C36H16O. The van der Waals surface area contributed by atoms with E-state index in [1.54, 1.807) is 0 Å². The van der Waals surface area contributed by atoms with E-state index < -0.39 is 0 Å². The van der Waals surface area contributed by atoms with Crippen LogP contribution in [0.5, 0.6) is 5.75 Å². The summed E-state index contributed by atoms with van der Waals surface area (Å²) in [7, 11) is 0. The summed E-state index contributed by atoms with van der Waals surface area (Å²) >= 11 is 0. The van der Waals surface area contributed by atoms with Gasteiger partial charge in [0.15, 0.2) is 0 Å². The van der Waals surface area contributed by atoms with Crippen LogP contribution in [-0.4, -0.2) is 5.11 Å². The molecule has 11 rings (SSSR count). The fraction of sp³-hybridized carbons (Fsp3) is 0. The topological polar surface area (TPSA) is 20.2 Å². The van der Waals surface area contributed by atoms with Crippen LogP contribution in [-0.2, 0) is 0 Å². The third-order valence-corrected chi connectivity index (χ3v) is 9.43. The maximum Gasteiger partial charge on any atom is 0.124 e. The summed E-state index contributed by atoms with van der Waals surface area (Å²) in [5.41, 5.74) is 0. The molecule has 0 saturated heterocycles. The van der Waals surface area contributed by atoms with Crippen molar-refractivity contribution in [1.29, 1.82) is 0 Å². The number of aromatic hydroxyl groups is 1. The third-order valence-electron chi connectivity index (χ3n) is 9.43. The van der Waals surface area contributed by atoms with Gasteiger partial charge in [0.25, 0.3) is 0 Å². The van der Waals surface area contributed by atoms with Crippen molar-refractivity contribution >= 4 is 108 Å². The fourth-order valence-corrected chi connectivity index (χ4v) is 8.12. The standard InChI is InChI=1S/C36H16O/c37-26-14-20-10-7-16-5-8-18-13-19-9-6-17-11-12-23-21-3-1-2-4-22(21)24-15-25(26)34-29(20)27(16)30(18)35-31(19)28(17)32(23)33(24)36(34)35/h1-15,37H. The summed E-state index contributed by atoms with van der Waals surface area (Å²) in [6, 6.07) is 33.6. The van der Waals surface area contributed by atoms with Gasteiger partial charge >= 0.3 is 0 Å². The molecule has 0 aliphatic heterocycles. The molecule has 0 radical (unpaired) electrons. The summed E-state index contributed by atoms with van der Waals surface area (Å²) in [5, 5.41) is 37.1. The predicted molar refractivity (Wildman–Crippen MR) is 159 cm³/mol. The van der Waals surface area contributed by atoms with Crippen LogP contribution < -0.4 is 0 Å². The first kappa shape index (κ1) is 17.5. The minimum absolute atomic E-state index is 0.365. The van der Waals surface area contributed by atoms with E-state index in [1.165, 1.54) is 97.0 Å². The van der Waals surface area contributed by atoms with Crippen LogP contribution in [0.4, 0.5) is 0 Å². The number of phenolic OH excluding ortho intramolecular Hbond substituents is 1. The van der Waals surface area contributed by atoms with Crippen LogP contribution >= 0.6 is 0 Å². The van der Waals surface area contributed by atoms with Gasteiger partial charge in [0.1, 0.15) is 5.75 Å². The number of rotatable bonds is 0. The van der Waals surface area contributed by atoms with Crippen molar-refractivity contribution in [3.8, 4) is 5.75 Å². The molecule has 37 heavy (non-hydrogen) atoms. The lowest BCUT2D eigenvalue weighted by Gasteiger charge is -2.26. The lowest BCUT2D eigenvalue weighted by molar-refractivity contribution is 0.482. The van der Waals surface area contributed by atoms with E-state index in [0.29, 0.717) is 5.75 Å². The monoisotopic (exact) mass is 464 g/mol. The van der Waals surface area contributed by atoms with Gasteiger partial charge in [-0.2, -0.15) is 0 Å². The van der Waals surface area contributed by atoms with Gasteiger partial charge < -0.3 is 5.11 Å². The Morgan fingerprint density at radius 3 is 1.49 bits per heavy atom. The summed E-state index contributed by atoms with van der Waals surface area (Å²) < 4.78 is 0. The smallest absolute Gasteiger partial charge is 0.124 e. The molecule has 1 nitrogen and oxygen atoms in total. The van der Waals surface area contributed by atoms with Gasteiger partial charge in [-0.1, -0.05) is 72.8 Å². The molecular weight excluding hydrogens is 448 g/mol. The number of fused-ring (bicyclic) bond motifs is 3. The van der Waals surface area contributed by atoms with Crippen molar-refractivity contribution in [2.24, 2.45) is 0 Å². The van der Waals surface area contributed by atoms with Gasteiger partial charge in [0, 0.05) is 16.2 Å². The maximum atomic E-state index is 11.4. The van der Waals surface area contributed by atoms with Crippen molar-refractivity contribution in [2.45, 2.75) is 0 Å². The van der Waals surface area contributed by atoms with Crippen molar-refractivity contribution in [3.63, 3.8) is 0 Å². The van der Waals surface area contributed by atoms with Crippen LogP contribution in [0.3, 0.4) is 0 Å².